The van der Waals surface area contributed by atoms with Gasteiger partial charge in [0.15, 0.2) is 0 Å². The van der Waals surface area contributed by atoms with E-state index in [1.54, 1.807) is 0 Å². The Morgan fingerprint density at radius 1 is 1.00 bits per heavy atom. The lowest BCUT2D eigenvalue weighted by Crippen LogP contribution is -2.60. The number of aliphatic hydroxyl groups excluding tert-OH is 4. The second-order valence-electron chi connectivity index (χ2n) is 6.90. The van der Waals surface area contributed by atoms with Crippen LogP contribution in [0.2, 0.25) is 0 Å². The average Bonchev–Trinajstić information content (AvgIpc) is 2.78. The van der Waals surface area contributed by atoms with E-state index in [0.717, 1.165) is 0 Å². The summed E-state index contributed by atoms with van der Waals surface area (Å²) in [6.45, 7) is -0.593. The van der Waals surface area contributed by atoms with Crippen molar-refractivity contribution in [3.05, 3.63) is 47.5 Å². The first-order valence-electron chi connectivity index (χ1n) is 9.37. The quantitative estimate of drug-likeness (QED) is 0.369. The summed E-state index contributed by atoms with van der Waals surface area (Å²) < 4.78 is 21.3. The van der Waals surface area contributed by atoms with E-state index in [1.807, 2.05) is 0 Å². The molecule has 0 amide bonds. The second kappa shape index (κ2) is 9.50. The molecule has 1 fully saturated rings. The van der Waals surface area contributed by atoms with Gasteiger partial charge in [-0.1, -0.05) is 12.1 Å². The summed E-state index contributed by atoms with van der Waals surface area (Å²) in [6.07, 6.45) is -7.21. The lowest BCUT2D eigenvalue weighted by molar-refractivity contribution is -0.277. The van der Waals surface area contributed by atoms with Crippen LogP contribution in [-0.2, 0) is 4.74 Å². The average molecular weight is 436 g/mol. The summed E-state index contributed by atoms with van der Waals surface area (Å²) >= 11 is 0. The summed E-state index contributed by atoms with van der Waals surface area (Å²) in [7, 11) is 2.70. The van der Waals surface area contributed by atoms with Gasteiger partial charge in [-0.2, -0.15) is 0 Å². The number of carbonyl (C=O) groups is 1. The van der Waals surface area contributed by atoms with Crippen molar-refractivity contribution in [3.63, 3.8) is 0 Å². The number of benzene rings is 2. The molecule has 0 aromatic heterocycles. The molecule has 10 heteroatoms. The van der Waals surface area contributed by atoms with E-state index in [2.05, 4.69) is 0 Å². The van der Waals surface area contributed by atoms with Gasteiger partial charge in [0.1, 0.15) is 53.0 Å². The first kappa shape index (κ1) is 22.8. The number of rotatable bonds is 7. The molecular weight excluding hydrogens is 412 g/mol. The molecule has 0 bridgehead atoms. The van der Waals surface area contributed by atoms with E-state index < -0.39 is 43.1 Å². The van der Waals surface area contributed by atoms with E-state index in [9.17, 15) is 30.3 Å². The zero-order valence-corrected chi connectivity index (χ0v) is 16.8. The van der Waals surface area contributed by atoms with Gasteiger partial charge >= 0.3 is 0 Å². The minimum Gasteiger partial charge on any atom is -0.508 e. The molecule has 10 nitrogen and oxygen atoms in total. The number of phenols is 1. The Morgan fingerprint density at radius 2 is 1.65 bits per heavy atom. The van der Waals surface area contributed by atoms with Gasteiger partial charge in [-0.15, -0.1) is 0 Å². The van der Waals surface area contributed by atoms with E-state index in [1.165, 1.54) is 50.6 Å². The highest BCUT2D eigenvalue weighted by Gasteiger charge is 2.44. The maximum Gasteiger partial charge on any atom is 0.229 e. The third-order valence-corrected chi connectivity index (χ3v) is 4.91. The van der Waals surface area contributed by atoms with Crippen molar-refractivity contribution in [1.82, 2.24) is 0 Å². The molecule has 0 spiro atoms. The fraction of sp³-hybridized carbons (Fsp3) is 0.381. The van der Waals surface area contributed by atoms with Crippen LogP contribution in [0, 0.1) is 0 Å². The summed E-state index contributed by atoms with van der Waals surface area (Å²) in [4.78, 5) is 13.1. The van der Waals surface area contributed by atoms with Gasteiger partial charge in [-0.3, -0.25) is 4.79 Å². The minimum absolute atomic E-state index is 0.0905. The van der Waals surface area contributed by atoms with Crippen LogP contribution in [0.3, 0.4) is 0 Å². The van der Waals surface area contributed by atoms with Gasteiger partial charge in [-0.05, 0) is 12.1 Å². The van der Waals surface area contributed by atoms with Crippen LogP contribution in [0.25, 0.3) is 0 Å². The monoisotopic (exact) mass is 436 g/mol. The normalized spacial score (nSPS) is 25.7. The van der Waals surface area contributed by atoms with Crippen LogP contribution < -0.4 is 14.2 Å². The van der Waals surface area contributed by atoms with E-state index in [0.29, 0.717) is 0 Å². The molecule has 1 saturated heterocycles. The van der Waals surface area contributed by atoms with E-state index in [-0.39, 0.29) is 34.1 Å². The molecule has 2 aromatic rings. The molecule has 1 aliphatic rings. The Balaban J connectivity index is 1.88. The molecule has 5 atom stereocenters. The number of ketones is 1. The van der Waals surface area contributed by atoms with Crippen LogP contribution >= 0.6 is 0 Å². The van der Waals surface area contributed by atoms with Gasteiger partial charge in [0, 0.05) is 17.7 Å². The molecule has 5 N–H and O–H groups in total. The standard InChI is InChI=1S/C21H24O10/c1-28-13-7-11(23)8-14(29-2)16(13)17(24)10-4-3-5-12(6-10)30-21-20(27)19(26)18(25)15(9-22)31-21/h3-8,15,18-23,25-27H,9H2,1-2H3/t15-,18-,19+,20-,21-/m1/s1. The highest BCUT2D eigenvalue weighted by molar-refractivity contribution is 6.12. The molecule has 2 aromatic carbocycles. The van der Waals surface area contributed by atoms with Crippen molar-refractivity contribution in [2.45, 2.75) is 30.7 Å². The zero-order valence-electron chi connectivity index (χ0n) is 16.8. The van der Waals surface area contributed by atoms with Crippen molar-refractivity contribution in [3.8, 4) is 23.0 Å². The first-order chi connectivity index (χ1) is 14.8. The number of hydrogen-bond acceptors (Lipinski definition) is 10. The van der Waals surface area contributed by atoms with Crippen LogP contribution in [0.1, 0.15) is 15.9 Å². The van der Waals surface area contributed by atoms with Gasteiger partial charge < -0.3 is 44.5 Å². The predicted octanol–water partition coefficient (Wildman–Crippen LogP) is -0.181. The summed E-state index contributed by atoms with van der Waals surface area (Å²) in [5, 5.41) is 49.0. The highest BCUT2D eigenvalue weighted by Crippen LogP contribution is 2.35. The first-order valence-corrected chi connectivity index (χ1v) is 9.37. The lowest BCUT2D eigenvalue weighted by Gasteiger charge is -2.39. The summed E-state index contributed by atoms with van der Waals surface area (Å²) in [5.41, 5.74) is 0.275. The maximum atomic E-state index is 13.1. The van der Waals surface area contributed by atoms with E-state index in [4.69, 9.17) is 18.9 Å². The molecule has 31 heavy (non-hydrogen) atoms. The summed E-state index contributed by atoms with van der Waals surface area (Å²) in [6, 6.07) is 8.51. The minimum atomic E-state index is -1.59. The molecule has 0 radical (unpaired) electrons. The Bertz CT molecular complexity index is 903. The topological polar surface area (TPSA) is 155 Å². The van der Waals surface area contributed by atoms with Crippen LogP contribution in [0.5, 0.6) is 23.0 Å². The Morgan fingerprint density at radius 3 is 2.23 bits per heavy atom. The molecule has 168 valence electrons. The van der Waals surface area contributed by atoms with E-state index >= 15 is 0 Å². The Labute approximate surface area is 177 Å². The van der Waals surface area contributed by atoms with Crippen LogP contribution in [-0.4, -0.2) is 82.8 Å². The fourth-order valence-corrected chi connectivity index (χ4v) is 3.28. The molecule has 3 rings (SSSR count). The molecule has 0 aliphatic carbocycles. The molecular formula is C21H24O10. The summed E-state index contributed by atoms with van der Waals surface area (Å²) in [5.74, 6) is -0.256. The van der Waals surface area contributed by atoms with Crippen molar-refractivity contribution in [2.75, 3.05) is 20.8 Å². The van der Waals surface area contributed by atoms with Crippen molar-refractivity contribution < 1.29 is 49.3 Å². The lowest BCUT2D eigenvalue weighted by atomic mass is 9.99. The SMILES string of the molecule is COc1cc(O)cc(OC)c1C(=O)c1cccc(O[C@@H]2O[C@H](CO)[C@@H](O)[C@H](O)[C@H]2O)c1. The number of carbonyl (C=O) groups excluding carboxylic acids is 1. The number of hydrogen-bond donors (Lipinski definition) is 5. The van der Waals surface area contributed by atoms with Crippen molar-refractivity contribution in [2.24, 2.45) is 0 Å². The van der Waals surface area contributed by atoms with Gasteiger partial charge in [0.2, 0.25) is 12.1 Å². The number of ether oxygens (including phenoxy) is 4. The second-order valence-corrected chi connectivity index (χ2v) is 6.90. The van der Waals surface area contributed by atoms with Gasteiger partial charge in [-0.25, -0.2) is 0 Å². The molecule has 1 aliphatic heterocycles. The Kier molecular flexibility index (Phi) is 6.98. The maximum absolute atomic E-state index is 13.1. The predicted molar refractivity (Wildman–Crippen MR) is 105 cm³/mol. The molecule has 1 heterocycles. The number of phenolic OH excluding ortho intramolecular Hbond substituents is 1. The third-order valence-electron chi connectivity index (χ3n) is 4.91. The van der Waals surface area contributed by atoms with Crippen molar-refractivity contribution >= 4 is 5.78 Å². The largest absolute Gasteiger partial charge is 0.508 e. The van der Waals surface area contributed by atoms with Crippen LogP contribution in [0.15, 0.2) is 36.4 Å². The number of aromatic hydroxyl groups is 1. The highest BCUT2D eigenvalue weighted by atomic mass is 16.7. The van der Waals surface area contributed by atoms with Gasteiger partial charge in [0.05, 0.1) is 20.8 Å². The molecule has 0 unspecified atom stereocenters. The number of methoxy groups -OCH3 is 2. The van der Waals surface area contributed by atoms with Crippen LogP contribution in [0.4, 0.5) is 0 Å². The molecule has 0 saturated carbocycles. The van der Waals surface area contributed by atoms with Crippen molar-refractivity contribution in [1.29, 1.82) is 0 Å². The van der Waals surface area contributed by atoms with Gasteiger partial charge in [0.25, 0.3) is 0 Å². The fourth-order valence-electron chi connectivity index (χ4n) is 3.28. The smallest absolute Gasteiger partial charge is 0.229 e. The third kappa shape index (κ3) is 4.58. The number of aliphatic hydroxyl groups is 4. The zero-order chi connectivity index (χ0) is 22.7. The Hall–Kier alpha value is -2.89.